The van der Waals surface area contributed by atoms with Crippen molar-refractivity contribution in [2.24, 2.45) is 0 Å². The summed E-state index contributed by atoms with van der Waals surface area (Å²) in [5, 5.41) is 0. The number of hydrogen-bond donors (Lipinski definition) is 0. The predicted octanol–water partition coefficient (Wildman–Crippen LogP) is 4.38. The molecule has 1 aliphatic heterocycles. The summed E-state index contributed by atoms with van der Waals surface area (Å²) >= 11 is 0. The lowest BCUT2D eigenvalue weighted by Crippen LogP contribution is -2.49. The number of carbonyl (C=O) groups is 1. The van der Waals surface area contributed by atoms with Crippen molar-refractivity contribution in [3.8, 4) is 0 Å². The Hall–Kier alpha value is -1.55. The SMILES string of the molecule is CC(C)(C)OC(=O)N1[C@@H](CCCc2ccccc2)COC1(C)C. The molecule has 128 valence electrons. The van der Waals surface area contributed by atoms with Crippen molar-refractivity contribution in [1.29, 1.82) is 0 Å². The molecule has 23 heavy (non-hydrogen) atoms. The highest BCUT2D eigenvalue weighted by Gasteiger charge is 2.45. The first-order valence-electron chi connectivity index (χ1n) is 8.39. The molecule has 1 aromatic rings. The van der Waals surface area contributed by atoms with E-state index in [4.69, 9.17) is 9.47 Å². The smallest absolute Gasteiger partial charge is 0.412 e. The van der Waals surface area contributed by atoms with Crippen LogP contribution in [-0.2, 0) is 15.9 Å². The van der Waals surface area contributed by atoms with Crippen LogP contribution < -0.4 is 0 Å². The van der Waals surface area contributed by atoms with E-state index < -0.39 is 11.3 Å². The van der Waals surface area contributed by atoms with Crippen LogP contribution in [0.3, 0.4) is 0 Å². The highest BCUT2D eigenvalue weighted by molar-refractivity contribution is 5.69. The van der Waals surface area contributed by atoms with Gasteiger partial charge in [-0.1, -0.05) is 30.3 Å². The summed E-state index contributed by atoms with van der Waals surface area (Å²) in [6.07, 6.45) is 2.66. The minimum Gasteiger partial charge on any atom is -0.444 e. The average Bonchev–Trinajstić information content (AvgIpc) is 2.73. The van der Waals surface area contributed by atoms with Crippen LogP contribution in [0.4, 0.5) is 4.79 Å². The predicted molar refractivity (Wildman–Crippen MR) is 91.3 cm³/mol. The number of ether oxygens (including phenoxy) is 2. The molecule has 0 bridgehead atoms. The van der Waals surface area contributed by atoms with Crippen molar-refractivity contribution >= 4 is 6.09 Å². The van der Waals surface area contributed by atoms with E-state index in [0.29, 0.717) is 6.61 Å². The molecular formula is C19H29NO3. The Labute approximate surface area is 139 Å². The van der Waals surface area contributed by atoms with Gasteiger partial charge in [0.25, 0.3) is 0 Å². The van der Waals surface area contributed by atoms with Gasteiger partial charge in [0, 0.05) is 0 Å². The van der Waals surface area contributed by atoms with E-state index >= 15 is 0 Å². The van der Waals surface area contributed by atoms with Gasteiger partial charge in [0.05, 0.1) is 12.6 Å². The maximum absolute atomic E-state index is 12.5. The lowest BCUT2D eigenvalue weighted by Gasteiger charge is -2.35. The van der Waals surface area contributed by atoms with Crippen molar-refractivity contribution in [2.45, 2.75) is 71.2 Å². The maximum Gasteiger partial charge on any atom is 0.412 e. The van der Waals surface area contributed by atoms with E-state index in [1.165, 1.54) is 5.56 Å². The molecule has 1 fully saturated rings. The molecule has 1 atom stereocenters. The van der Waals surface area contributed by atoms with Gasteiger partial charge in [-0.15, -0.1) is 0 Å². The first-order valence-corrected chi connectivity index (χ1v) is 8.39. The van der Waals surface area contributed by atoms with Crippen LogP contribution in [-0.4, -0.2) is 35.0 Å². The second-order valence-corrected chi connectivity index (χ2v) is 7.64. The average molecular weight is 319 g/mol. The molecule has 0 unspecified atom stereocenters. The van der Waals surface area contributed by atoms with E-state index in [1.807, 2.05) is 40.7 Å². The second kappa shape index (κ2) is 6.91. The van der Waals surface area contributed by atoms with E-state index in [-0.39, 0.29) is 12.1 Å². The molecule has 0 aromatic heterocycles. The summed E-state index contributed by atoms with van der Waals surface area (Å²) in [7, 11) is 0. The van der Waals surface area contributed by atoms with Crippen molar-refractivity contribution in [2.75, 3.05) is 6.61 Å². The molecule has 1 heterocycles. The fourth-order valence-corrected chi connectivity index (χ4v) is 2.96. The minimum absolute atomic E-state index is 0.0727. The van der Waals surface area contributed by atoms with Crippen LogP contribution in [0.5, 0.6) is 0 Å². The molecule has 1 amide bonds. The van der Waals surface area contributed by atoms with Crippen LogP contribution in [0.1, 0.15) is 53.0 Å². The zero-order valence-electron chi connectivity index (χ0n) is 15.0. The quantitative estimate of drug-likeness (QED) is 0.826. The van der Waals surface area contributed by atoms with Gasteiger partial charge in [-0.25, -0.2) is 4.79 Å². The van der Waals surface area contributed by atoms with E-state index in [2.05, 4.69) is 24.3 Å². The highest BCUT2D eigenvalue weighted by atomic mass is 16.6. The van der Waals surface area contributed by atoms with Crippen molar-refractivity contribution in [1.82, 2.24) is 4.90 Å². The Morgan fingerprint density at radius 3 is 2.57 bits per heavy atom. The Bertz CT molecular complexity index is 519. The molecule has 0 N–H and O–H groups in total. The molecule has 4 heteroatoms. The number of hydrogen-bond acceptors (Lipinski definition) is 3. The fourth-order valence-electron chi connectivity index (χ4n) is 2.96. The third-order valence-corrected chi connectivity index (χ3v) is 4.01. The Kier molecular flexibility index (Phi) is 5.35. The Morgan fingerprint density at radius 2 is 1.96 bits per heavy atom. The second-order valence-electron chi connectivity index (χ2n) is 7.64. The van der Waals surface area contributed by atoms with Crippen LogP contribution >= 0.6 is 0 Å². The molecule has 4 nitrogen and oxygen atoms in total. The molecular weight excluding hydrogens is 290 g/mol. The topological polar surface area (TPSA) is 38.8 Å². The Balaban J connectivity index is 1.95. The molecule has 0 saturated carbocycles. The van der Waals surface area contributed by atoms with Crippen molar-refractivity contribution in [3.05, 3.63) is 35.9 Å². The van der Waals surface area contributed by atoms with Crippen LogP contribution in [0, 0.1) is 0 Å². The number of rotatable bonds is 4. The third kappa shape index (κ3) is 4.96. The molecule has 0 spiro atoms. The van der Waals surface area contributed by atoms with Gasteiger partial charge in [-0.2, -0.15) is 0 Å². The fraction of sp³-hybridized carbons (Fsp3) is 0.632. The zero-order valence-corrected chi connectivity index (χ0v) is 15.0. The zero-order chi connectivity index (χ0) is 17.1. The third-order valence-electron chi connectivity index (χ3n) is 4.01. The van der Waals surface area contributed by atoms with E-state index in [0.717, 1.165) is 19.3 Å². The number of amides is 1. The summed E-state index contributed by atoms with van der Waals surface area (Å²) in [5.41, 5.74) is 0.221. The first-order chi connectivity index (χ1) is 10.7. The summed E-state index contributed by atoms with van der Waals surface area (Å²) in [4.78, 5) is 14.3. The molecule has 0 aliphatic carbocycles. The normalized spacial score (nSPS) is 20.6. The van der Waals surface area contributed by atoms with E-state index in [9.17, 15) is 4.79 Å². The first kappa shape index (κ1) is 17.8. The van der Waals surface area contributed by atoms with Crippen LogP contribution in [0.2, 0.25) is 0 Å². The van der Waals surface area contributed by atoms with Crippen LogP contribution in [0.25, 0.3) is 0 Å². The lowest BCUT2D eigenvalue weighted by atomic mass is 10.0. The standard InChI is InChI=1S/C19H29NO3/c1-18(2,3)23-17(21)20-16(14-22-19(20,4)5)13-9-12-15-10-7-6-8-11-15/h6-8,10-11,16H,9,12-14H2,1-5H3/t16-/m0/s1. The van der Waals surface area contributed by atoms with Gasteiger partial charge in [0.1, 0.15) is 11.3 Å². The number of carbonyl (C=O) groups excluding carboxylic acids is 1. The number of benzene rings is 1. The van der Waals surface area contributed by atoms with Gasteiger partial charge in [-0.05, 0) is 59.4 Å². The molecule has 1 aliphatic rings. The molecule has 1 aromatic carbocycles. The van der Waals surface area contributed by atoms with Gasteiger partial charge < -0.3 is 9.47 Å². The number of aryl methyl sites for hydroxylation is 1. The van der Waals surface area contributed by atoms with E-state index in [1.54, 1.807) is 4.90 Å². The van der Waals surface area contributed by atoms with Gasteiger partial charge in [0.15, 0.2) is 0 Å². The highest BCUT2D eigenvalue weighted by Crippen LogP contribution is 2.31. The summed E-state index contributed by atoms with van der Waals surface area (Å²) < 4.78 is 11.4. The van der Waals surface area contributed by atoms with Crippen molar-refractivity contribution in [3.63, 3.8) is 0 Å². The monoisotopic (exact) mass is 319 g/mol. The van der Waals surface area contributed by atoms with Gasteiger partial charge in [-0.3, -0.25) is 4.90 Å². The molecule has 1 saturated heterocycles. The molecule has 2 rings (SSSR count). The lowest BCUT2D eigenvalue weighted by molar-refractivity contribution is -0.0627. The molecule has 0 radical (unpaired) electrons. The summed E-state index contributed by atoms with van der Waals surface area (Å²) in [5.74, 6) is 0. The van der Waals surface area contributed by atoms with Crippen LogP contribution in [0.15, 0.2) is 30.3 Å². The Morgan fingerprint density at radius 1 is 1.30 bits per heavy atom. The minimum atomic E-state index is -0.611. The summed E-state index contributed by atoms with van der Waals surface area (Å²) in [6.45, 7) is 10.1. The number of nitrogens with zero attached hydrogens (tertiary/aromatic N) is 1. The summed E-state index contributed by atoms with van der Waals surface area (Å²) in [6, 6.07) is 10.5. The maximum atomic E-state index is 12.5. The van der Waals surface area contributed by atoms with Gasteiger partial charge in [0.2, 0.25) is 0 Å². The van der Waals surface area contributed by atoms with Gasteiger partial charge >= 0.3 is 6.09 Å². The largest absolute Gasteiger partial charge is 0.444 e. The van der Waals surface area contributed by atoms with Crippen molar-refractivity contribution < 1.29 is 14.3 Å².